The topological polar surface area (TPSA) is 8.17 Å². The van der Waals surface area contributed by atoms with E-state index < -0.39 is 0 Å². The Balaban J connectivity index is 1.14. The van der Waals surface area contributed by atoms with Crippen molar-refractivity contribution in [3.05, 3.63) is 203 Å². The van der Waals surface area contributed by atoms with Gasteiger partial charge in [0.15, 0.2) is 0 Å². The van der Waals surface area contributed by atoms with Crippen LogP contribution in [0.1, 0.15) is 158 Å². The highest BCUT2D eigenvalue weighted by atomic mass is 15.1. The van der Waals surface area contributed by atoms with Crippen molar-refractivity contribution < 1.29 is 0 Å². The van der Waals surface area contributed by atoms with E-state index in [2.05, 4.69) is 304 Å². The van der Waals surface area contributed by atoms with E-state index in [1.54, 1.807) is 0 Å². The molecule has 0 atom stereocenters. The van der Waals surface area contributed by atoms with Crippen molar-refractivity contribution in [2.75, 3.05) is 4.90 Å². The molecular formula is C76H82N2. The monoisotopic (exact) mass is 1020 g/mol. The maximum absolute atomic E-state index is 2.54. The van der Waals surface area contributed by atoms with E-state index in [9.17, 15) is 0 Å². The van der Waals surface area contributed by atoms with Crippen molar-refractivity contribution in [3.63, 3.8) is 0 Å². The molecule has 0 saturated carbocycles. The summed E-state index contributed by atoms with van der Waals surface area (Å²) in [5.41, 5.74) is 20.2. The Kier molecular flexibility index (Phi) is 12.3. The fourth-order valence-corrected chi connectivity index (χ4v) is 11.8. The molecule has 0 radical (unpaired) electrons. The first-order valence-corrected chi connectivity index (χ1v) is 28.6. The van der Waals surface area contributed by atoms with E-state index in [-0.39, 0.29) is 32.5 Å². The molecule has 1 aromatic heterocycles. The highest BCUT2D eigenvalue weighted by molar-refractivity contribution is 6.27. The lowest BCUT2D eigenvalue weighted by molar-refractivity contribution is 0.568. The molecule has 11 rings (SSSR count). The van der Waals surface area contributed by atoms with Gasteiger partial charge < -0.3 is 9.47 Å². The van der Waals surface area contributed by atoms with Crippen molar-refractivity contribution in [3.8, 4) is 27.9 Å². The molecule has 0 aliphatic carbocycles. The summed E-state index contributed by atoms with van der Waals surface area (Å²) >= 11 is 0. The van der Waals surface area contributed by atoms with E-state index in [4.69, 9.17) is 0 Å². The predicted molar refractivity (Wildman–Crippen MR) is 342 cm³/mol. The molecule has 0 N–H and O–H groups in total. The maximum Gasteiger partial charge on any atom is 0.0541 e. The van der Waals surface area contributed by atoms with Gasteiger partial charge in [-0.15, -0.1) is 0 Å². The minimum atomic E-state index is -0.00382. The average Bonchev–Trinajstić information content (AvgIpc) is 3.92. The van der Waals surface area contributed by atoms with Crippen LogP contribution in [-0.4, -0.2) is 4.57 Å². The van der Waals surface area contributed by atoms with Gasteiger partial charge in [0, 0.05) is 32.9 Å². The maximum atomic E-state index is 2.54. The van der Waals surface area contributed by atoms with Crippen LogP contribution in [0.4, 0.5) is 17.1 Å². The highest BCUT2D eigenvalue weighted by Gasteiger charge is 2.27. The van der Waals surface area contributed by atoms with Crippen molar-refractivity contribution in [1.29, 1.82) is 0 Å². The Morgan fingerprint density at radius 2 is 0.705 bits per heavy atom. The molecular weight excluding hydrogens is 941 g/mol. The Morgan fingerprint density at radius 3 is 1.18 bits per heavy atom. The second-order valence-corrected chi connectivity index (χ2v) is 28.9. The number of rotatable bonds is 6. The van der Waals surface area contributed by atoms with Crippen LogP contribution in [0, 0.1) is 0 Å². The summed E-state index contributed by atoms with van der Waals surface area (Å²) < 4.78 is 2.54. The Labute approximate surface area is 466 Å². The molecule has 2 nitrogen and oxygen atoms in total. The zero-order valence-corrected chi connectivity index (χ0v) is 50.1. The highest BCUT2D eigenvalue weighted by Crippen LogP contribution is 2.48. The molecule has 11 aromatic rings. The molecule has 0 aliphatic heterocycles. The van der Waals surface area contributed by atoms with Crippen molar-refractivity contribution in [2.45, 2.75) is 157 Å². The summed E-state index contributed by atoms with van der Waals surface area (Å²) in [5.74, 6) is 0. The van der Waals surface area contributed by atoms with E-state index in [1.807, 2.05) is 0 Å². The summed E-state index contributed by atoms with van der Waals surface area (Å²) in [4.78, 5) is 2.51. The van der Waals surface area contributed by atoms with Crippen molar-refractivity contribution in [1.82, 2.24) is 4.57 Å². The molecule has 0 fully saturated rings. The van der Waals surface area contributed by atoms with Gasteiger partial charge in [0.1, 0.15) is 0 Å². The summed E-state index contributed by atoms with van der Waals surface area (Å²) in [7, 11) is 0. The van der Waals surface area contributed by atoms with Gasteiger partial charge in [-0.2, -0.15) is 0 Å². The molecule has 396 valence electrons. The smallest absolute Gasteiger partial charge is 0.0541 e. The van der Waals surface area contributed by atoms with Gasteiger partial charge >= 0.3 is 0 Å². The number of benzene rings is 10. The number of fused-ring (bicyclic) bond motifs is 3. The Morgan fingerprint density at radius 1 is 0.282 bits per heavy atom. The van der Waals surface area contributed by atoms with Crippen molar-refractivity contribution in [2.24, 2.45) is 0 Å². The second kappa shape index (κ2) is 18.2. The lowest BCUT2D eigenvalue weighted by Crippen LogP contribution is -2.16. The summed E-state index contributed by atoms with van der Waals surface area (Å²) in [6, 6.07) is 66.3. The molecule has 0 aliphatic rings. The summed E-state index contributed by atoms with van der Waals surface area (Å²) in [6.45, 7) is 41.8. The molecule has 0 bridgehead atoms. The fraction of sp³-hybridized carbons (Fsp3) is 0.316. The summed E-state index contributed by atoms with van der Waals surface area (Å²) in [5, 5.41) is 10.1. The first-order valence-electron chi connectivity index (χ1n) is 28.6. The number of aromatic nitrogens is 1. The molecule has 0 amide bonds. The van der Waals surface area contributed by atoms with Crippen LogP contribution in [0.3, 0.4) is 0 Å². The van der Waals surface area contributed by atoms with Crippen LogP contribution in [-0.2, 0) is 32.5 Å². The number of hydrogen-bond donors (Lipinski definition) is 0. The molecule has 0 spiro atoms. The van der Waals surface area contributed by atoms with Crippen LogP contribution >= 0.6 is 0 Å². The minimum Gasteiger partial charge on any atom is -0.310 e. The average molecular weight is 1020 g/mol. The molecule has 10 aromatic carbocycles. The van der Waals surface area contributed by atoms with Gasteiger partial charge in [-0.1, -0.05) is 234 Å². The first-order chi connectivity index (χ1) is 36.4. The number of anilines is 3. The van der Waals surface area contributed by atoms with Gasteiger partial charge in [-0.05, 0) is 170 Å². The molecule has 0 saturated heterocycles. The lowest BCUT2D eigenvalue weighted by Gasteiger charge is -2.29. The van der Waals surface area contributed by atoms with Crippen LogP contribution in [0.2, 0.25) is 0 Å². The standard InChI is InChI=1S/C76H82N2/c1-71(2,3)53-28-36-67-63(45-53)64-46-54(72(4,5)6)29-37-68(64)78(67)66-35-27-49-24-32-61-65(34-26-48-25-33-62(66)70(49)69(48)61)77(59-30-22-47(23-31-59)51-38-55(73(7,8)9)43-56(39-51)74(10,11)12)60-21-19-20-50(42-60)52-40-57(75(13,14)15)44-58(41-52)76(16,17)18/h19-46H,1-18H3. The van der Waals surface area contributed by atoms with Crippen LogP contribution < -0.4 is 4.90 Å². The largest absolute Gasteiger partial charge is 0.310 e. The first kappa shape index (κ1) is 52.9. The minimum absolute atomic E-state index is 0.00382. The van der Waals surface area contributed by atoms with Crippen molar-refractivity contribution >= 4 is 71.2 Å². The van der Waals surface area contributed by atoms with E-state index >= 15 is 0 Å². The quantitative estimate of drug-likeness (QED) is 0.151. The zero-order chi connectivity index (χ0) is 55.8. The van der Waals surface area contributed by atoms with Gasteiger partial charge in [0.05, 0.1) is 22.4 Å². The summed E-state index contributed by atoms with van der Waals surface area (Å²) in [6.07, 6.45) is 0. The van der Waals surface area contributed by atoms with Gasteiger partial charge in [-0.3, -0.25) is 0 Å². The second-order valence-electron chi connectivity index (χ2n) is 28.9. The SMILES string of the molecule is CC(C)(C)c1cc(-c2ccc(N(c3cccc(-c4cc(C(C)(C)C)cc(C(C)(C)C)c4)c3)c3ccc4ccc5c(-n6c7ccc(C(C)(C)C)cc7c7cc(C(C)(C)C)ccc76)ccc6ccc3c4c65)cc2)cc(C(C)(C)C)c1. The number of nitrogens with zero attached hydrogens (tertiary/aromatic N) is 2. The van der Waals surface area contributed by atoms with Gasteiger partial charge in [0.2, 0.25) is 0 Å². The predicted octanol–water partition coefficient (Wildman–Crippen LogP) is 22.3. The van der Waals surface area contributed by atoms with Crippen LogP contribution in [0.25, 0.3) is 82.1 Å². The van der Waals surface area contributed by atoms with Gasteiger partial charge in [0.25, 0.3) is 0 Å². The molecule has 1 heterocycles. The number of hydrogen-bond acceptors (Lipinski definition) is 1. The van der Waals surface area contributed by atoms with Crippen LogP contribution in [0.5, 0.6) is 0 Å². The fourth-order valence-electron chi connectivity index (χ4n) is 11.8. The van der Waals surface area contributed by atoms with E-state index in [0.717, 1.165) is 17.1 Å². The van der Waals surface area contributed by atoms with Crippen LogP contribution in [0.15, 0.2) is 170 Å². The van der Waals surface area contributed by atoms with E-state index in [0.29, 0.717) is 0 Å². The van der Waals surface area contributed by atoms with E-state index in [1.165, 1.54) is 115 Å². The molecule has 2 heteroatoms. The van der Waals surface area contributed by atoms with Gasteiger partial charge in [-0.25, -0.2) is 0 Å². The zero-order valence-electron chi connectivity index (χ0n) is 50.1. The Bertz CT molecular complexity index is 3980. The molecule has 0 unspecified atom stereocenters. The Hall–Kier alpha value is -7.16. The normalized spacial score (nSPS) is 13.3. The molecule has 78 heavy (non-hydrogen) atoms. The lowest BCUT2D eigenvalue weighted by atomic mass is 9.79. The third kappa shape index (κ3) is 9.48. The third-order valence-electron chi connectivity index (χ3n) is 16.8. The third-order valence-corrected chi connectivity index (χ3v) is 16.8.